The number of aromatic nitrogens is 3. The fraction of sp³-hybridized carbons (Fsp3) is 0.450. The Bertz CT molecular complexity index is 904. The summed E-state index contributed by atoms with van der Waals surface area (Å²) in [6, 6.07) is 7.94. The van der Waals surface area contributed by atoms with Crippen LogP contribution in [-0.2, 0) is 11.2 Å². The minimum Gasteiger partial charge on any atom is -0.348 e. The molecule has 6 heteroatoms. The van der Waals surface area contributed by atoms with Crippen LogP contribution in [0.1, 0.15) is 56.1 Å². The van der Waals surface area contributed by atoms with Crippen molar-refractivity contribution >= 4 is 27.5 Å². The predicted octanol–water partition coefficient (Wildman–Crippen LogP) is 4.32. The largest absolute Gasteiger partial charge is 0.348 e. The van der Waals surface area contributed by atoms with Crippen LogP contribution in [0.15, 0.2) is 30.6 Å². The molecule has 5 nitrogen and oxygen atoms in total. The number of imidazole rings is 1. The van der Waals surface area contributed by atoms with Crippen molar-refractivity contribution in [1.82, 2.24) is 19.9 Å². The van der Waals surface area contributed by atoms with Gasteiger partial charge in [-0.05, 0) is 24.0 Å². The fourth-order valence-electron chi connectivity index (χ4n) is 3.43. The molecule has 0 radical (unpaired) electrons. The Morgan fingerprint density at radius 1 is 1.35 bits per heavy atom. The number of H-pyrrole nitrogens is 1. The van der Waals surface area contributed by atoms with Crippen LogP contribution >= 0.6 is 11.3 Å². The van der Waals surface area contributed by atoms with Gasteiger partial charge >= 0.3 is 0 Å². The highest BCUT2D eigenvalue weighted by molar-refractivity contribution is 7.18. The number of benzene rings is 1. The summed E-state index contributed by atoms with van der Waals surface area (Å²) in [6.45, 7) is 7.23. The number of hydrogen-bond acceptors (Lipinski definition) is 4. The van der Waals surface area contributed by atoms with Gasteiger partial charge < -0.3 is 9.88 Å². The third-order valence-corrected chi connectivity index (χ3v) is 5.97. The van der Waals surface area contributed by atoms with Crippen LogP contribution in [0.25, 0.3) is 10.2 Å². The van der Waals surface area contributed by atoms with E-state index in [1.165, 1.54) is 0 Å². The third-order valence-electron chi connectivity index (χ3n) is 4.88. The molecule has 4 rings (SSSR count). The number of aromatic amines is 1. The number of nitrogens with zero attached hydrogens (tertiary/aromatic N) is 3. The molecule has 1 aliphatic heterocycles. The lowest BCUT2D eigenvalue weighted by molar-refractivity contribution is -0.133. The lowest BCUT2D eigenvalue weighted by atomic mass is 9.90. The Balaban J connectivity index is 1.70. The molecule has 3 heterocycles. The number of carbonyl (C=O) groups is 1. The molecule has 1 atom stereocenters. The first-order valence-corrected chi connectivity index (χ1v) is 9.91. The number of hydrogen-bond donors (Lipinski definition) is 1. The highest BCUT2D eigenvalue weighted by atomic mass is 32.1. The Morgan fingerprint density at radius 2 is 2.15 bits per heavy atom. The molecule has 0 saturated carbocycles. The Hall–Kier alpha value is -2.21. The molecule has 0 fully saturated rings. The van der Waals surface area contributed by atoms with Crippen LogP contribution in [0.5, 0.6) is 0 Å². The van der Waals surface area contributed by atoms with E-state index in [9.17, 15) is 4.79 Å². The Kier molecular flexibility index (Phi) is 4.31. The van der Waals surface area contributed by atoms with E-state index in [1.54, 1.807) is 17.7 Å². The van der Waals surface area contributed by atoms with E-state index in [0.717, 1.165) is 39.5 Å². The Morgan fingerprint density at radius 3 is 2.92 bits per heavy atom. The molecule has 1 aliphatic rings. The second kappa shape index (κ2) is 6.50. The van der Waals surface area contributed by atoms with Crippen LogP contribution in [0.2, 0.25) is 0 Å². The van der Waals surface area contributed by atoms with E-state index < -0.39 is 0 Å². The van der Waals surface area contributed by atoms with Gasteiger partial charge in [0.25, 0.3) is 0 Å². The highest BCUT2D eigenvalue weighted by Gasteiger charge is 2.36. The molecular formula is C20H24N4OS. The molecule has 1 N–H and O–H groups in total. The summed E-state index contributed by atoms with van der Waals surface area (Å²) in [5, 5.41) is 0.948. The monoisotopic (exact) mass is 368 g/mol. The van der Waals surface area contributed by atoms with Crippen molar-refractivity contribution in [2.75, 3.05) is 6.54 Å². The first kappa shape index (κ1) is 17.2. The second-order valence-electron chi connectivity index (χ2n) is 8.09. The molecule has 26 heavy (non-hydrogen) atoms. The van der Waals surface area contributed by atoms with Crippen LogP contribution in [-0.4, -0.2) is 32.3 Å². The molecule has 3 aromatic rings. The Labute approximate surface area is 157 Å². The first-order valence-electron chi connectivity index (χ1n) is 9.09. The van der Waals surface area contributed by atoms with Crippen molar-refractivity contribution in [3.8, 4) is 0 Å². The number of amides is 1. The van der Waals surface area contributed by atoms with Crippen molar-refractivity contribution in [2.24, 2.45) is 5.41 Å². The van der Waals surface area contributed by atoms with Crippen LogP contribution in [0.3, 0.4) is 0 Å². The maximum Gasteiger partial charge on any atom is 0.223 e. The van der Waals surface area contributed by atoms with Crippen LogP contribution in [0, 0.1) is 5.41 Å². The molecule has 1 amide bonds. The van der Waals surface area contributed by atoms with Gasteiger partial charge in [0.2, 0.25) is 5.91 Å². The third kappa shape index (κ3) is 3.26. The lowest BCUT2D eigenvalue weighted by Crippen LogP contribution is -2.41. The number of rotatable bonds is 3. The van der Waals surface area contributed by atoms with E-state index in [1.807, 2.05) is 23.1 Å². The summed E-state index contributed by atoms with van der Waals surface area (Å²) < 4.78 is 1.15. The van der Waals surface area contributed by atoms with Gasteiger partial charge in [0.1, 0.15) is 11.0 Å². The van der Waals surface area contributed by atoms with Gasteiger partial charge in [-0.2, -0.15) is 0 Å². The number of fused-ring (bicyclic) bond motifs is 2. The first-order chi connectivity index (χ1) is 12.4. The molecule has 1 aromatic carbocycles. The molecule has 136 valence electrons. The summed E-state index contributed by atoms with van der Waals surface area (Å²) in [5.41, 5.74) is 3.19. The average molecular weight is 369 g/mol. The van der Waals surface area contributed by atoms with Gasteiger partial charge in [-0.3, -0.25) is 4.79 Å². The maximum absolute atomic E-state index is 13.0. The molecule has 0 bridgehead atoms. The number of thiazole rings is 1. The van der Waals surface area contributed by atoms with Gasteiger partial charge in [-0.1, -0.05) is 32.9 Å². The zero-order valence-electron chi connectivity index (χ0n) is 15.5. The van der Waals surface area contributed by atoms with Crippen molar-refractivity contribution in [3.05, 3.63) is 47.0 Å². The van der Waals surface area contributed by atoms with E-state index in [4.69, 9.17) is 4.98 Å². The van der Waals surface area contributed by atoms with Gasteiger partial charge in [-0.15, -0.1) is 11.3 Å². The van der Waals surface area contributed by atoms with E-state index >= 15 is 0 Å². The SMILES string of the molecule is CC(C)(C)CCC(=O)N1CCc2[nH]cnc2[C@H]1c1nc2ccccc2s1. The predicted molar refractivity (Wildman–Crippen MR) is 104 cm³/mol. The van der Waals surface area contributed by atoms with Gasteiger partial charge in [0.15, 0.2) is 0 Å². The zero-order chi connectivity index (χ0) is 18.3. The molecule has 0 saturated heterocycles. The van der Waals surface area contributed by atoms with E-state index in [2.05, 4.69) is 36.8 Å². The summed E-state index contributed by atoms with van der Waals surface area (Å²) in [4.78, 5) is 27.6. The number of nitrogens with one attached hydrogen (secondary N) is 1. The minimum absolute atomic E-state index is 0.147. The van der Waals surface area contributed by atoms with Crippen LogP contribution in [0.4, 0.5) is 0 Å². The zero-order valence-corrected chi connectivity index (χ0v) is 16.3. The molecule has 0 aliphatic carbocycles. The molecule has 0 spiro atoms. The molecule has 2 aromatic heterocycles. The number of para-hydroxylation sites is 1. The van der Waals surface area contributed by atoms with E-state index in [-0.39, 0.29) is 17.4 Å². The lowest BCUT2D eigenvalue weighted by Gasteiger charge is -2.34. The normalized spacial score (nSPS) is 17.5. The van der Waals surface area contributed by atoms with Crippen molar-refractivity contribution < 1.29 is 4.79 Å². The van der Waals surface area contributed by atoms with Gasteiger partial charge in [0, 0.05) is 25.1 Å². The van der Waals surface area contributed by atoms with Crippen LogP contribution < -0.4 is 0 Å². The summed E-state index contributed by atoms with van der Waals surface area (Å²) >= 11 is 1.66. The average Bonchev–Trinajstić information content (AvgIpc) is 3.24. The van der Waals surface area contributed by atoms with E-state index in [0.29, 0.717) is 13.0 Å². The van der Waals surface area contributed by atoms with Crippen molar-refractivity contribution in [2.45, 2.75) is 46.1 Å². The fourth-order valence-corrected chi connectivity index (χ4v) is 4.51. The van der Waals surface area contributed by atoms with Crippen molar-refractivity contribution in [3.63, 3.8) is 0 Å². The quantitative estimate of drug-likeness (QED) is 0.749. The van der Waals surface area contributed by atoms with Crippen molar-refractivity contribution in [1.29, 1.82) is 0 Å². The minimum atomic E-state index is -0.185. The molecule has 0 unspecified atom stereocenters. The summed E-state index contributed by atoms with van der Waals surface area (Å²) in [5.74, 6) is 0.192. The number of carbonyl (C=O) groups excluding carboxylic acids is 1. The summed E-state index contributed by atoms with van der Waals surface area (Å²) in [7, 11) is 0. The maximum atomic E-state index is 13.0. The summed E-state index contributed by atoms with van der Waals surface area (Å²) in [6.07, 6.45) is 3.99. The van der Waals surface area contributed by atoms with Gasteiger partial charge in [0.05, 0.1) is 22.2 Å². The highest BCUT2D eigenvalue weighted by Crippen LogP contribution is 2.38. The topological polar surface area (TPSA) is 61.9 Å². The molecular weight excluding hydrogens is 344 g/mol. The van der Waals surface area contributed by atoms with Gasteiger partial charge in [-0.25, -0.2) is 9.97 Å². The smallest absolute Gasteiger partial charge is 0.223 e. The second-order valence-corrected chi connectivity index (χ2v) is 9.15. The standard InChI is InChI=1S/C20H24N4OS/c1-20(2,3)10-8-16(25)24-11-9-14-17(22-12-21-14)18(24)19-23-13-6-4-5-7-15(13)26-19/h4-7,12,18H,8-11H2,1-3H3,(H,21,22)/t18-/m0/s1.